The summed E-state index contributed by atoms with van der Waals surface area (Å²) in [6.07, 6.45) is 0. The molecule has 0 atom stereocenters. The van der Waals surface area contributed by atoms with Crippen molar-refractivity contribution < 1.29 is 4.79 Å². The number of halogens is 1. The third kappa shape index (κ3) is 4.35. The molecule has 1 aliphatic rings. The zero-order chi connectivity index (χ0) is 16.1. The standard InChI is InChI=1S/C16H25ClN4O/c1-3-19(2)6-7-20-8-10-21(11-9-20)16(22)14-5-4-13(18)12-15(14)17/h4-5,12H,3,6-11,18H2,1-2H3. The molecule has 0 spiro atoms. The number of hydrogen-bond acceptors (Lipinski definition) is 4. The lowest BCUT2D eigenvalue weighted by molar-refractivity contribution is 0.0628. The Hall–Kier alpha value is -1.30. The predicted octanol–water partition coefficient (Wildman–Crippen LogP) is 1.63. The first-order chi connectivity index (χ1) is 10.5. The van der Waals surface area contributed by atoms with Crippen molar-refractivity contribution in [2.75, 3.05) is 58.6 Å². The molecule has 1 amide bonds. The second kappa shape index (κ2) is 7.81. The summed E-state index contributed by atoms with van der Waals surface area (Å²) < 4.78 is 0. The summed E-state index contributed by atoms with van der Waals surface area (Å²) in [6.45, 7) is 8.65. The van der Waals surface area contributed by atoms with Gasteiger partial charge in [0, 0.05) is 45.0 Å². The van der Waals surface area contributed by atoms with Crippen LogP contribution in [0, 0.1) is 0 Å². The molecule has 0 aromatic heterocycles. The van der Waals surface area contributed by atoms with Crippen LogP contribution in [-0.4, -0.2) is 73.5 Å². The van der Waals surface area contributed by atoms with Crippen LogP contribution >= 0.6 is 11.6 Å². The van der Waals surface area contributed by atoms with Crippen LogP contribution in [0.4, 0.5) is 5.69 Å². The van der Waals surface area contributed by atoms with E-state index in [1.165, 1.54) is 0 Å². The molecule has 5 nitrogen and oxygen atoms in total. The fourth-order valence-electron chi connectivity index (χ4n) is 2.52. The number of nitrogens with zero attached hydrogens (tertiary/aromatic N) is 3. The molecule has 2 rings (SSSR count). The average molecular weight is 325 g/mol. The molecule has 0 radical (unpaired) electrons. The molecular weight excluding hydrogens is 300 g/mol. The molecule has 0 saturated carbocycles. The van der Waals surface area contributed by atoms with Crippen LogP contribution in [-0.2, 0) is 0 Å². The molecule has 1 aromatic carbocycles. The number of carbonyl (C=O) groups excluding carboxylic acids is 1. The van der Waals surface area contributed by atoms with Gasteiger partial charge in [-0.15, -0.1) is 0 Å². The number of carbonyl (C=O) groups is 1. The maximum Gasteiger partial charge on any atom is 0.255 e. The van der Waals surface area contributed by atoms with E-state index in [0.29, 0.717) is 16.3 Å². The lowest BCUT2D eigenvalue weighted by atomic mass is 10.1. The van der Waals surface area contributed by atoms with Crippen molar-refractivity contribution in [1.29, 1.82) is 0 Å². The van der Waals surface area contributed by atoms with Crippen LogP contribution in [0.3, 0.4) is 0 Å². The summed E-state index contributed by atoms with van der Waals surface area (Å²) in [5.41, 5.74) is 6.79. The monoisotopic (exact) mass is 324 g/mol. The fourth-order valence-corrected chi connectivity index (χ4v) is 2.79. The average Bonchev–Trinajstić information content (AvgIpc) is 2.52. The third-order valence-electron chi connectivity index (χ3n) is 4.22. The number of benzene rings is 1. The first-order valence-electron chi connectivity index (χ1n) is 7.76. The Bertz CT molecular complexity index is 515. The Labute approximate surface area is 137 Å². The van der Waals surface area contributed by atoms with Gasteiger partial charge < -0.3 is 15.5 Å². The van der Waals surface area contributed by atoms with Gasteiger partial charge >= 0.3 is 0 Å². The van der Waals surface area contributed by atoms with Crippen molar-refractivity contribution in [3.63, 3.8) is 0 Å². The van der Waals surface area contributed by atoms with E-state index in [1.807, 2.05) is 4.90 Å². The summed E-state index contributed by atoms with van der Waals surface area (Å²) in [4.78, 5) is 19.1. The number of likely N-dealkylation sites (N-methyl/N-ethyl adjacent to an activating group) is 1. The van der Waals surface area contributed by atoms with E-state index in [2.05, 4.69) is 23.8 Å². The van der Waals surface area contributed by atoms with E-state index in [9.17, 15) is 4.79 Å². The molecule has 1 aromatic rings. The number of anilines is 1. The van der Waals surface area contributed by atoms with Crippen LogP contribution in [0.5, 0.6) is 0 Å². The van der Waals surface area contributed by atoms with Crippen molar-refractivity contribution in [2.24, 2.45) is 0 Å². The minimum atomic E-state index is -0.00433. The van der Waals surface area contributed by atoms with E-state index in [-0.39, 0.29) is 5.91 Å². The fraction of sp³-hybridized carbons (Fsp3) is 0.562. The zero-order valence-electron chi connectivity index (χ0n) is 13.4. The van der Waals surface area contributed by atoms with Gasteiger partial charge in [0.2, 0.25) is 0 Å². The summed E-state index contributed by atoms with van der Waals surface area (Å²) in [7, 11) is 2.13. The molecule has 1 heterocycles. The van der Waals surface area contributed by atoms with Crippen LogP contribution in [0.25, 0.3) is 0 Å². The normalized spacial score (nSPS) is 16.3. The second-order valence-corrected chi connectivity index (χ2v) is 6.18. The predicted molar refractivity (Wildman–Crippen MR) is 91.4 cm³/mol. The largest absolute Gasteiger partial charge is 0.399 e. The molecule has 0 aliphatic carbocycles. The van der Waals surface area contributed by atoms with Crippen molar-refractivity contribution >= 4 is 23.2 Å². The van der Waals surface area contributed by atoms with Gasteiger partial charge in [-0.1, -0.05) is 18.5 Å². The summed E-state index contributed by atoms with van der Waals surface area (Å²) in [5, 5.41) is 0.428. The Balaban J connectivity index is 1.87. The lowest BCUT2D eigenvalue weighted by Gasteiger charge is -2.35. The summed E-state index contributed by atoms with van der Waals surface area (Å²) >= 11 is 6.13. The molecule has 2 N–H and O–H groups in total. The number of nitrogens with two attached hydrogens (primary N) is 1. The number of hydrogen-bond donors (Lipinski definition) is 1. The molecule has 1 saturated heterocycles. The van der Waals surface area contributed by atoms with Gasteiger partial charge in [-0.2, -0.15) is 0 Å². The quantitative estimate of drug-likeness (QED) is 0.837. The van der Waals surface area contributed by atoms with E-state index < -0.39 is 0 Å². The number of piperazine rings is 1. The van der Waals surface area contributed by atoms with Gasteiger partial charge in [-0.05, 0) is 31.8 Å². The number of nitrogen functional groups attached to an aromatic ring is 1. The van der Waals surface area contributed by atoms with Crippen molar-refractivity contribution in [3.05, 3.63) is 28.8 Å². The highest BCUT2D eigenvalue weighted by Crippen LogP contribution is 2.21. The summed E-state index contributed by atoms with van der Waals surface area (Å²) in [6, 6.07) is 5.06. The molecule has 6 heteroatoms. The van der Waals surface area contributed by atoms with E-state index in [0.717, 1.165) is 45.8 Å². The first-order valence-corrected chi connectivity index (χ1v) is 8.14. The molecule has 22 heavy (non-hydrogen) atoms. The van der Waals surface area contributed by atoms with E-state index in [4.69, 9.17) is 17.3 Å². The molecular formula is C16H25ClN4O. The topological polar surface area (TPSA) is 52.8 Å². The molecule has 0 unspecified atom stereocenters. The van der Waals surface area contributed by atoms with Crippen LogP contribution in [0.15, 0.2) is 18.2 Å². The Morgan fingerprint density at radius 1 is 1.32 bits per heavy atom. The highest BCUT2D eigenvalue weighted by Gasteiger charge is 2.23. The van der Waals surface area contributed by atoms with Crippen LogP contribution in [0.2, 0.25) is 5.02 Å². The van der Waals surface area contributed by atoms with Crippen LogP contribution in [0.1, 0.15) is 17.3 Å². The Kier molecular flexibility index (Phi) is 6.06. The maximum absolute atomic E-state index is 12.5. The minimum Gasteiger partial charge on any atom is -0.399 e. The van der Waals surface area contributed by atoms with Gasteiger partial charge in [0.05, 0.1) is 10.6 Å². The summed E-state index contributed by atoms with van der Waals surface area (Å²) in [5.74, 6) is -0.00433. The van der Waals surface area contributed by atoms with Crippen molar-refractivity contribution in [2.45, 2.75) is 6.92 Å². The van der Waals surface area contributed by atoms with Gasteiger partial charge in [0.1, 0.15) is 0 Å². The number of amides is 1. The lowest BCUT2D eigenvalue weighted by Crippen LogP contribution is -2.50. The van der Waals surface area contributed by atoms with E-state index in [1.54, 1.807) is 18.2 Å². The Morgan fingerprint density at radius 2 is 2.00 bits per heavy atom. The second-order valence-electron chi connectivity index (χ2n) is 5.77. The van der Waals surface area contributed by atoms with Gasteiger partial charge in [-0.3, -0.25) is 9.69 Å². The third-order valence-corrected chi connectivity index (χ3v) is 4.53. The van der Waals surface area contributed by atoms with Gasteiger partial charge in [-0.25, -0.2) is 0 Å². The van der Waals surface area contributed by atoms with Gasteiger partial charge in [0.15, 0.2) is 0 Å². The number of rotatable bonds is 5. The Morgan fingerprint density at radius 3 is 2.59 bits per heavy atom. The van der Waals surface area contributed by atoms with Crippen molar-refractivity contribution in [1.82, 2.24) is 14.7 Å². The molecule has 1 aliphatic heterocycles. The highest BCUT2D eigenvalue weighted by atomic mass is 35.5. The minimum absolute atomic E-state index is 0.00433. The molecule has 122 valence electrons. The maximum atomic E-state index is 12.5. The highest BCUT2D eigenvalue weighted by molar-refractivity contribution is 6.34. The molecule has 1 fully saturated rings. The van der Waals surface area contributed by atoms with Crippen molar-refractivity contribution in [3.8, 4) is 0 Å². The SMILES string of the molecule is CCN(C)CCN1CCN(C(=O)c2ccc(N)cc2Cl)CC1. The van der Waals surface area contributed by atoms with E-state index >= 15 is 0 Å². The smallest absolute Gasteiger partial charge is 0.255 e. The van der Waals surface area contributed by atoms with Crippen LogP contribution < -0.4 is 5.73 Å². The molecule has 0 bridgehead atoms. The van der Waals surface area contributed by atoms with Gasteiger partial charge in [0.25, 0.3) is 5.91 Å². The first kappa shape index (κ1) is 17.1. The zero-order valence-corrected chi connectivity index (χ0v) is 14.1.